The van der Waals surface area contributed by atoms with Crippen LogP contribution in [0.25, 0.3) is 17.2 Å². The zero-order valence-electron chi connectivity index (χ0n) is 17.0. The summed E-state index contributed by atoms with van der Waals surface area (Å²) in [5.41, 5.74) is 3.46. The average molecular weight is 435 g/mol. The van der Waals surface area contributed by atoms with Crippen molar-refractivity contribution in [2.24, 2.45) is 11.8 Å². The van der Waals surface area contributed by atoms with E-state index in [-0.39, 0.29) is 23.7 Å². The minimum Gasteiger partial charge on any atom is -0.465 e. The molecular formula is C26H20F3NO2. The van der Waals surface area contributed by atoms with Gasteiger partial charge in [0.25, 0.3) is 0 Å². The van der Waals surface area contributed by atoms with E-state index >= 15 is 0 Å². The largest absolute Gasteiger partial charge is 0.465 e. The van der Waals surface area contributed by atoms with Gasteiger partial charge in [-0.05, 0) is 47.4 Å². The predicted octanol–water partition coefficient (Wildman–Crippen LogP) is 5.91. The Kier molecular flexibility index (Phi) is 5.08. The molecule has 3 nitrogen and oxygen atoms in total. The molecule has 1 fully saturated rings. The molecule has 162 valence electrons. The number of hydrogen-bond acceptors (Lipinski definition) is 3. The number of aromatic nitrogens is 1. The molecular weight excluding hydrogens is 415 g/mol. The molecule has 2 aliphatic rings. The highest BCUT2D eigenvalue weighted by molar-refractivity contribution is 5.76. The first-order valence-corrected chi connectivity index (χ1v) is 10.5. The summed E-state index contributed by atoms with van der Waals surface area (Å²) in [6.07, 6.45) is 1.86. The van der Waals surface area contributed by atoms with E-state index in [0.29, 0.717) is 29.8 Å². The van der Waals surface area contributed by atoms with Gasteiger partial charge in [0.2, 0.25) is 0 Å². The van der Waals surface area contributed by atoms with Crippen LogP contribution in [0.1, 0.15) is 28.3 Å². The van der Waals surface area contributed by atoms with Gasteiger partial charge in [-0.15, -0.1) is 0 Å². The number of nitrogens with zero attached hydrogens (tertiary/aromatic N) is 1. The van der Waals surface area contributed by atoms with Gasteiger partial charge in [0, 0.05) is 23.6 Å². The van der Waals surface area contributed by atoms with Crippen molar-refractivity contribution >= 4 is 12.0 Å². The molecule has 32 heavy (non-hydrogen) atoms. The predicted molar refractivity (Wildman–Crippen MR) is 115 cm³/mol. The highest BCUT2D eigenvalue weighted by atomic mass is 19.4. The van der Waals surface area contributed by atoms with E-state index in [1.54, 1.807) is 24.4 Å². The minimum absolute atomic E-state index is 0.0429. The van der Waals surface area contributed by atoms with Crippen molar-refractivity contribution in [1.82, 2.24) is 4.98 Å². The summed E-state index contributed by atoms with van der Waals surface area (Å²) in [4.78, 5) is 16.6. The van der Waals surface area contributed by atoms with Crippen LogP contribution in [0.5, 0.6) is 0 Å². The number of carbonyl (C=O) groups is 1. The molecule has 0 bridgehead atoms. The Morgan fingerprint density at radius 2 is 1.84 bits per heavy atom. The quantitative estimate of drug-likeness (QED) is 0.480. The van der Waals surface area contributed by atoms with E-state index < -0.39 is 11.7 Å². The minimum atomic E-state index is -4.38. The summed E-state index contributed by atoms with van der Waals surface area (Å²) in [7, 11) is 0. The maximum absolute atomic E-state index is 13.0. The molecule has 0 unspecified atom stereocenters. The van der Waals surface area contributed by atoms with Gasteiger partial charge in [0.05, 0.1) is 23.8 Å². The molecule has 5 rings (SSSR count). The number of allylic oxidation sites excluding steroid dienone is 1. The van der Waals surface area contributed by atoms with Crippen LogP contribution in [0.3, 0.4) is 0 Å². The molecule has 1 aliphatic heterocycles. The number of esters is 1. The number of ether oxygens (including phenoxy) is 1. The maximum Gasteiger partial charge on any atom is 0.416 e. The van der Waals surface area contributed by atoms with Gasteiger partial charge in [0.15, 0.2) is 0 Å². The SMILES string of the molecule is O=C1OC[C@H]2[C@@H]1Cc1ccccc1[C@@H]2/C=C/c1ccc(-c2cccc(C(F)(F)F)c2)cn1. The lowest BCUT2D eigenvalue weighted by Crippen LogP contribution is -2.29. The molecule has 2 aromatic carbocycles. The second-order valence-electron chi connectivity index (χ2n) is 8.24. The van der Waals surface area contributed by atoms with Gasteiger partial charge in [-0.3, -0.25) is 9.78 Å². The third-order valence-electron chi connectivity index (χ3n) is 6.34. The summed E-state index contributed by atoms with van der Waals surface area (Å²) in [6, 6.07) is 16.9. The molecule has 2 heterocycles. The van der Waals surface area contributed by atoms with Crippen LogP contribution in [-0.4, -0.2) is 17.6 Å². The van der Waals surface area contributed by atoms with Crippen LogP contribution in [0.15, 0.2) is 72.9 Å². The fraction of sp³-hybridized carbons (Fsp3) is 0.231. The van der Waals surface area contributed by atoms with E-state index in [9.17, 15) is 18.0 Å². The Morgan fingerprint density at radius 3 is 2.62 bits per heavy atom. The normalized spacial score (nSPS) is 22.5. The fourth-order valence-corrected chi connectivity index (χ4v) is 4.68. The molecule has 0 amide bonds. The van der Waals surface area contributed by atoms with Crippen molar-refractivity contribution < 1.29 is 22.7 Å². The maximum atomic E-state index is 13.0. The van der Waals surface area contributed by atoms with Crippen LogP contribution >= 0.6 is 0 Å². The van der Waals surface area contributed by atoms with E-state index in [4.69, 9.17) is 4.74 Å². The van der Waals surface area contributed by atoms with Gasteiger partial charge in [-0.25, -0.2) is 0 Å². The zero-order chi connectivity index (χ0) is 22.3. The molecule has 1 saturated heterocycles. The molecule has 6 heteroatoms. The van der Waals surface area contributed by atoms with E-state index in [1.807, 2.05) is 18.2 Å². The number of pyridine rings is 1. The number of carbonyl (C=O) groups excluding carboxylic acids is 1. The van der Waals surface area contributed by atoms with Crippen molar-refractivity contribution in [3.63, 3.8) is 0 Å². The molecule has 3 atom stereocenters. The van der Waals surface area contributed by atoms with Crippen molar-refractivity contribution in [1.29, 1.82) is 0 Å². The topological polar surface area (TPSA) is 39.2 Å². The van der Waals surface area contributed by atoms with Crippen molar-refractivity contribution in [2.45, 2.75) is 18.5 Å². The number of benzene rings is 2. The van der Waals surface area contributed by atoms with E-state index in [0.717, 1.165) is 17.7 Å². The van der Waals surface area contributed by atoms with Crippen molar-refractivity contribution in [3.8, 4) is 11.1 Å². The lowest BCUT2D eigenvalue weighted by Gasteiger charge is -2.31. The lowest BCUT2D eigenvalue weighted by molar-refractivity contribution is -0.141. The highest BCUT2D eigenvalue weighted by Crippen LogP contribution is 2.44. The van der Waals surface area contributed by atoms with Gasteiger partial charge >= 0.3 is 12.1 Å². The van der Waals surface area contributed by atoms with E-state index in [1.165, 1.54) is 11.6 Å². The summed E-state index contributed by atoms with van der Waals surface area (Å²) in [5, 5.41) is 0. The van der Waals surface area contributed by atoms with Crippen LogP contribution in [0.2, 0.25) is 0 Å². The summed E-state index contributed by atoms with van der Waals surface area (Å²) in [6.45, 7) is 0.411. The highest BCUT2D eigenvalue weighted by Gasteiger charge is 2.44. The summed E-state index contributed by atoms with van der Waals surface area (Å²) < 4.78 is 44.3. The van der Waals surface area contributed by atoms with Crippen LogP contribution in [0.4, 0.5) is 13.2 Å². The Bertz CT molecular complexity index is 1180. The first-order chi connectivity index (χ1) is 15.4. The number of alkyl halides is 3. The zero-order valence-corrected chi connectivity index (χ0v) is 17.0. The first-order valence-electron chi connectivity index (χ1n) is 10.5. The summed E-state index contributed by atoms with van der Waals surface area (Å²) >= 11 is 0. The smallest absolute Gasteiger partial charge is 0.416 e. The van der Waals surface area contributed by atoms with E-state index in [2.05, 4.69) is 23.2 Å². The Morgan fingerprint density at radius 1 is 1.00 bits per heavy atom. The number of halogens is 3. The van der Waals surface area contributed by atoms with Crippen molar-refractivity contribution in [2.75, 3.05) is 6.61 Å². The van der Waals surface area contributed by atoms with Crippen molar-refractivity contribution in [3.05, 3.63) is 95.3 Å². The Balaban J connectivity index is 1.40. The first kappa shape index (κ1) is 20.5. The number of fused-ring (bicyclic) bond motifs is 2. The number of cyclic esters (lactones) is 1. The van der Waals surface area contributed by atoms with Crippen LogP contribution < -0.4 is 0 Å². The molecule has 0 saturated carbocycles. The van der Waals surface area contributed by atoms with Gasteiger partial charge in [-0.2, -0.15) is 13.2 Å². The standard InChI is InChI=1S/C26H20F3NO2/c27-26(28,29)19-6-3-5-16(12-19)18-8-9-20(30-14-18)10-11-22-21-7-2-1-4-17(21)13-23-24(22)15-32-25(23)31/h1-12,14,22-24H,13,15H2/b11-10+/t22-,23-,24+/m0/s1. The molecule has 0 spiro atoms. The Labute approximate surface area is 183 Å². The summed E-state index contributed by atoms with van der Waals surface area (Å²) in [5.74, 6) is -0.123. The van der Waals surface area contributed by atoms with Crippen LogP contribution in [-0.2, 0) is 22.1 Å². The van der Waals surface area contributed by atoms with Gasteiger partial charge in [0.1, 0.15) is 0 Å². The molecule has 1 aliphatic carbocycles. The Hall–Kier alpha value is -3.41. The molecule has 0 radical (unpaired) electrons. The third kappa shape index (κ3) is 3.81. The second-order valence-corrected chi connectivity index (χ2v) is 8.24. The fourth-order valence-electron chi connectivity index (χ4n) is 4.68. The van der Waals surface area contributed by atoms with Gasteiger partial charge < -0.3 is 4.74 Å². The monoisotopic (exact) mass is 435 g/mol. The number of hydrogen-bond donors (Lipinski definition) is 0. The lowest BCUT2D eigenvalue weighted by atomic mass is 9.70. The average Bonchev–Trinajstić information content (AvgIpc) is 3.17. The second kappa shape index (κ2) is 7.93. The molecule has 3 aromatic rings. The number of rotatable bonds is 3. The molecule has 1 aromatic heterocycles. The van der Waals surface area contributed by atoms with Gasteiger partial charge in [-0.1, -0.05) is 48.5 Å². The molecule has 0 N–H and O–H groups in total. The van der Waals surface area contributed by atoms with Crippen LogP contribution in [0, 0.1) is 11.8 Å². The third-order valence-corrected chi connectivity index (χ3v) is 6.34.